The van der Waals surface area contributed by atoms with Gasteiger partial charge in [0.1, 0.15) is 12.4 Å². The second-order valence-corrected chi connectivity index (χ2v) is 4.80. The highest BCUT2D eigenvalue weighted by molar-refractivity contribution is 5.33. The van der Waals surface area contributed by atoms with Gasteiger partial charge in [0.15, 0.2) is 0 Å². The maximum Gasteiger partial charge on any atom is 0.123 e. The summed E-state index contributed by atoms with van der Waals surface area (Å²) < 4.78 is 5.80. The van der Waals surface area contributed by atoms with E-state index in [4.69, 9.17) is 4.74 Å². The highest BCUT2D eigenvalue weighted by Crippen LogP contribution is 2.17. The number of para-hydroxylation sites is 1. The molecule has 1 aromatic carbocycles. The van der Waals surface area contributed by atoms with E-state index >= 15 is 0 Å². The van der Waals surface area contributed by atoms with Gasteiger partial charge in [-0.1, -0.05) is 32.0 Å². The summed E-state index contributed by atoms with van der Waals surface area (Å²) in [4.78, 5) is 2.12. The lowest BCUT2D eigenvalue weighted by molar-refractivity contribution is 0.259. The molecule has 0 aliphatic carbocycles. The molecule has 0 saturated heterocycles. The van der Waals surface area contributed by atoms with Crippen molar-refractivity contribution >= 4 is 0 Å². The lowest BCUT2D eigenvalue weighted by Gasteiger charge is -2.15. The molecule has 1 N–H and O–H groups in total. The van der Waals surface area contributed by atoms with E-state index in [1.165, 1.54) is 5.56 Å². The minimum absolute atomic E-state index is 0.491. The van der Waals surface area contributed by atoms with Crippen molar-refractivity contribution in [2.75, 3.05) is 27.2 Å². The average molecular weight is 236 g/mol. The monoisotopic (exact) mass is 236 g/mol. The van der Waals surface area contributed by atoms with Crippen LogP contribution in [0, 0.1) is 0 Å². The van der Waals surface area contributed by atoms with Crippen LogP contribution >= 0.6 is 0 Å². The summed E-state index contributed by atoms with van der Waals surface area (Å²) in [6, 6.07) is 8.71. The van der Waals surface area contributed by atoms with Crippen LogP contribution in [0.3, 0.4) is 0 Å². The molecule has 3 nitrogen and oxygen atoms in total. The summed E-state index contributed by atoms with van der Waals surface area (Å²) in [5.41, 5.74) is 1.22. The van der Waals surface area contributed by atoms with Crippen LogP contribution in [0.5, 0.6) is 5.75 Å². The van der Waals surface area contributed by atoms with Crippen molar-refractivity contribution in [3.8, 4) is 5.75 Å². The fraction of sp³-hybridized carbons (Fsp3) is 0.571. The normalized spacial score (nSPS) is 11.2. The number of hydrogen-bond acceptors (Lipinski definition) is 3. The first-order valence-electron chi connectivity index (χ1n) is 6.18. The number of benzene rings is 1. The van der Waals surface area contributed by atoms with Gasteiger partial charge in [-0.05, 0) is 20.2 Å². The highest BCUT2D eigenvalue weighted by atomic mass is 16.5. The summed E-state index contributed by atoms with van der Waals surface area (Å²) in [6.45, 7) is 6.82. The number of ether oxygens (including phenoxy) is 1. The third kappa shape index (κ3) is 5.71. The van der Waals surface area contributed by atoms with Gasteiger partial charge in [0.05, 0.1) is 0 Å². The summed E-state index contributed by atoms with van der Waals surface area (Å²) in [7, 11) is 4.10. The van der Waals surface area contributed by atoms with Gasteiger partial charge in [-0.25, -0.2) is 0 Å². The van der Waals surface area contributed by atoms with Gasteiger partial charge in [-0.2, -0.15) is 0 Å². The molecule has 0 fully saturated rings. The molecule has 0 heterocycles. The molecular formula is C14H24N2O. The Morgan fingerprint density at radius 2 is 1.94 bits per heavy atom. The Labute approximate surface area is 105 Å². The van der Waals surface area contributed by atoms with Gasteiger partial charge in [-0.3, -0.25) is 0 Å². The Morgan fingerprint density at radius 1 is 1.24 bits per heavy atom. The zero-order valence-corrected chi connectivity index (χ0v) is 11.4. The number of rotatable bonds is 7. The van der Waals surface area contributed by atoms with E-state index in [-0.39, 0.29) is 0 Å². The molecule has 1 aromatic rings. The topological polar surface area (TPSA) is 24.5 Å². The summed E-state index contributed by atoms with van der Waals surface area (Å²) >= 11 is 0. The van der Waals surface area contributed by atoms with Crippen molar-refractivity contribution in [1.82, 2.24) is 10.2 Å². The van der Waals surface area contributed by atoms with Gasteiger partial charge < -0.3 is 15.0 Å². The van der Waals surface area contributed by atoms with Gasteiger partial charge in [0.2, 0.25) is 0 Å². The third-order valence-electron chi connectivity index (χ3n) is 2.47. The Morgan fingerprint density at radius 3 is 2.59 bits per heavy atom. The van der Waals surface area contributed by atoms with Gasteiger partial charge in [-0.15, -0.1) is 0 Å². The van der Waals surface area contributed by atoms with Crippen LogP contribution in [0.2, 0.25) is 0 Å². The Hall–Kier alpha value is -1.06. The minimum atomic E-state index is 0.491. The maximum atomic E-state index is 5.80. The summed E-state index contributed by atoms with van der Waals surface area (Å²) in [6.07, 6.45) is 0. The van der Waals surface area contributed by atoms with E-state index in [1.807, 2.05) is 12.1 Å². The number of likely N-dealkylation sites (N-methyl/N-ethyl adjacent to an activating group) is 1. The van der Waals surface area contributed by atoms with Crippen molar-refractivity contribution < 1.29 is 4.74 Å². The first-order valence-corrected chi connectivity index (χ1v) is 6.18. The number of hydrogen-bond donors (Lipinski definition) is 1. The molecule has 0 saturated carbocycles. The number of nitrogens with zero attached hydrogens (tertiary/aromatic N) is 1. The van der Waals surface area contributed by atoms with Gasteiger partial charge in [0, 0.05) is 24.7 Å². The van der Waals surface area contributed by atoms with Crippen LogP contribution in [0.15, 0.2) is 24.3 Å². The molecule has 0 aromatic heterocycles. The molecule has 0 atom stereocenters. The molecule has 0 radical (unpaired) electrons. The average Bonchev–Trinajstić information content (AvgIpc) is 2.27. The second-order valence-electron chi connectivity index (χ2n) is 4.80. The molecular weight excluding hydrogens is 212 g/mol. The smallest absolute Gasteiger partial charge is 0.123 e. The zero-order chi connectivity index (χ0) is 12.7. The number of nitrogens with one attached hydrogen (secondary N) is 1. The van der Waals surface area contributed by atoms with Crippen molar-refractivity contribution in [2.45, 2.75) is 26.4 Å². The van der Waals surface area contributed by atoms with Crippen LogP contribution in [-0.2, 0) is 6.54 Å². The Balaban J connectivity index is 2.51. The van der Waals surface area contributed by atoms with E-state index < -0.39 is 0 Å². The zero-order valence-electron chi connectivity index (χ0n) is 11.4. The van der Waals surface area contributed by atoms with Gasteiger partial charge >= 0.3 is 0 Å². The minimum Gasteiger partial charge on any atom is -0.492 e. The summed E-state index contributed by atoms with van der Waals surface area (Å²) in [5, 5.41) is 3.41. The fourth-order valence-electron chi connectivity index (χ4n) is 1.44. The van der Waals surface area contributed by atoms with E-state index in [0.29, 0.717) is 6.04 Å². The van der Waals surface area contributed by atoms with E-state index in [0.717, 1.165) is 25.4 Å². The van der Waals surface area contributed by atoms with Crippen molar-refractivity contribution in [3.05, 3.63) is 29.8 Å². The molecule has 0 bridgehead atoms. The largest absolute Gasteiger partial charge is 0.492 e. The molecule has 0 amide bonds. The standard InChI is InChI=1S/C14H24N2O/c1-12(2)15-11-13-7-5-6-8-14(13)17-10-9-16(3)4/h5-8,12,15H,9-11H2,1-4H3. The van der Waals surface area contributed by atoms with Crippen LogP contribution in [0.25, 0.3) is 0 Å². The summed E-state index contributed by atoms with van der Waals surface area (Å²) in [5.74, 6) is 0.988. The first kappa shape index (κ1) is 14.0. The molecule has 96 valence electrons. The van der Waals surface area contributed by atoms with E-state index in [9.17, 15) is 0 Å². The van der Waals surface area contributed by atoms with Gasteiger partial charge in [0.25, 0.3) is 0 Å². The molecule has 17 heavy (non-hydrogen) atoms. The van der Waals surface area contributed by atoms with E-state index in [1.54, 1.807) is 0 Å². The van der Waals surface area contributed by atoms with E-state index in [2.05, 4.69) is 50.3 Å². The molecule has 0 aliphatic rings. The lowest BCUT2D eigenvalue weighted by atomic mass is 10.2. The van der Waals surface area contributed by atoms with Crippen molar-refractivity contribution in [2.24, 2.45) is 0 Å². The first-order chi connectivity index (χ1) is 8.09. The Kier molecular flexibility index (Phi) is 6.01. The molecule has 0 aliphatic heterocycles. The quantitative estimate of drug-likeness (QED) is 0.785. The molecule has 1 rings (SSSR count). The highest BCUT2D eigenvalue weighted by Gasteiger charge is 2.03. The fourth-order valence-corrected chi connectivity index (χ4v) is 1.44. The van der Waals surface area contributed by atoms with Crippen LogP contribution in [-0.4, -0.2) is 38.2 Å². The van der Waals surface area contributed by atoms with Crippen LogP contribution in [0.1, 0.15) is 19.4 Å². The van der Waals surface area contributed by atoms with Crippen LogP contribution in [0.4, 0.5) is 0 Å². The maximum absolute atomic E-state index is 5.80. The lowest BCUT2D eigenvalue weighted by Crippen LogP contribution is -2.23. The molecule has 0 unspecified atom stereocenters. The predicted molar refractivity (Wildman–Crippen MR) is 72.5 cm³/mol. The SMILES string of the molecule is CC(C)NCc1ccccc1OCCN(C)C. The molecule has 0 spiro atoms. The Bertz CT molecular complexity index is 324. The van der Waals surface area contributed by atoms with Crippen LogP contribution < -0.4 is 10.1 Å². The second kappa shape index (κ2) is 7.30. The van der Waals surface area contributed by atoms with Crippen molar-refractivity contribution in [1.29, 1.82) is 0 Å². The van der Waals surface area contributed by atoms with Crippen molar-refractivity contribution in [3.63, 3.8) is 0 Å². The molecule has 3 heteroatoms. The third-order valence-corrected chi connectivity index (χ3v) is 2.47. The predicted octanol–water partition coefficient (Wildman–Crippen LogP) is 2.12.